The first-order chi connectivity index (χ1) is 9.11. The Morgan fingerprint density at radius 2 is 2.16 bits per heavy atom. The number of halogens is 1. The molecule has 6 heteroatoms. The predicted molar refractivity (Wildman–Crippen MR) is 74.5 cm³/mol. The lowest BCUT2D eigenvalue weighted by atomic mass is 10.2. The highest BCUT2D eigenvalue weighted by atomic mass is 35.5. The highest BCUT2D eigenvalue weighted by Gasteiger charge is 2.12. The number of carbonyl (C=O) groups is 1. The van der Waals surface area contributed by atoms with E-state index >= 15 is 0 Å². The van der Waals surface area contributed by atoms with Gasteiger partial charge in [-0.05, 0) is 18.4 Å². The Bertz CT molecular complexity index is 619. The Kier molecular flexibility index (Phi) is 4.29. The van der Waals surface area contributed by atoms with Crippen LogP contribution in [0.25, 0.3) is 0 Å². The zero-order valence-electron chi connectivity index (χ0n) is 9.96. The number of ether oxygens (including phenoxy) is 1. The molecule has 0 fully saturated rings. The zero-order chi connectivity index (χ0) is 13.8. The first kappa shape index (κ1) is 13.7. The lowest BCUT2D eigenvalue weighted by molar-refractivity contribution is 0.0696. The molecule has 19 heavy (non-hydrogen) atoms. The van der Waals surface area contributed by atoms with Gasteiger partial charge in [-0.1, -0.05) is 23.7 Å². The number of pyridine rings is 1. The summed E-state index contributed by atoms with van der Waals surface area (Å²) in [5.41, 5.74) is -0.0340. The van der Waals surface area contributed by atoms with E-state index in [-0.39, 0.29) is 16.5 Å². The molecule has 1 heterocycles. The summed E-state index contributed by atoms with van der Waals surface area (Å²) in [4.78, 5) is 15.9. The van der Waals surface area contributed by atoms with E-state index in [1.807, 2.05) is 24.5 Å². The van der Waals surface area contributed by atoms with E-state index < -0.39 is 5.97 Å². The summed E-state index contributed by atoms with van der Waals surface area (Å²) < 4.78 is 5.59. The number of para-hydroxylation sites is 1. The van der Waals surface area contributed by atoms with Crippen LogP contribution in [0.2, 0.25) is 5.02 Å². The van der Waals surface area contributed by atoms with Crippen molar-refractivity contribution in [3.05, 3.63) is 47.1 Å². The van der Waals surface area contributed by atoms with Gasteiger partial charge in [0.2, 0.25) is 5.88 Å². The molecule has 0 saturated carbocycles. The fraction of sp³-hybridized carbons (Fsp3) is 0.0769. The topological polar surface area (TPSA) is 59.4 Å². The molecule has 0 radical (unpaired) electrons. The molecule has 2 aromatic rings. The van der Waals surface area contributed by atoms with Crippen LogP contribution >= 0.6 is 23.4 Å². The van der Waals surface area contributed by atoms with Gasteiger partial charge in [0.25, 0.3) is 0 Å². The number of hydrogen-bond donors (Lipinski definition) is 1. The van der Waals surface area contributed by atoms with E-state index in [2.05, 4.69) is 4.98 Å². The maximum Gasteiger partial charge on any atom is 0.337 e. The molecule has 0 saturated heterocycles. The van der Waals surface area contributed by atoms with E-state index in [1.165, 1.54) is 24.0 Å². The summed E-state index contributed by atoms with van der Waals surface area (Å²) in [5.74, 6) is -0.292. The molecule has 0 aliphatic carbocycles. The second kappa shape index (κ2) is 5.95. The van der Waals surface area contributed by atoms with E-state index in [9.17, 15) is 4.79 Å². The molecule has 1 aromatic carbocycles. The largest absolute Gasteiger partial charge is 0.478 e. The lowest BCUT2D eigenvalue weighted by Gasteiger charge is -2.09. The van der Waals surface area contributed by atoms with Gasteiger partial charge in [0.05, 0.1) is 16.8 Å². The third-order valence-corrected chi connectivity index (χ3v) is 3.42. The fourth-order valence-electron chi connectivity index (χ4n) is 1.46. The third kappa shape index (κ3) is 3.19. The molecule has 4 nitrogen and oxygen atoms in total. The number of hydrogen-bond acceptors (Lipinski definition) is 4. The number of nitrogens with zero attached hydrogens (tertiary/aromatic N) is 1. The van der Waals surface area contributed by atoms with Crippen LogP contribution in [0, 0.1) is 0 Å². The molecule has 0 amide bonds. The molecule has 1 aromatic heterocycles. The SMILES string of the molecule is CSc1ccccc1Oc1cc(C(=O)O)c(Cl)cn1. The maximum atomic E-state index is 11.0. The van der Waals surface area contributed by atoms with Gasteiger partial charge in [0, 0.05) is 11.0 Å². The monoisotopic (exact) mass is 295 g/mol. The number of benzene rings is 1. The smallest absolute Gasteiger partial charge is 0.337 e. The third-order valence-electron chi connectivity index (χ3n) is 2.34. The fourth-order valence-corrected chi connectivity index (χ4v) is 2.16. The minimum absolute atomic E-state index is 0.0340. The molecular formula is C13H10ClNO3S. The number of rotatable bonds is 4. The summed E-state index contributed by atoms with van der Waals surface area (Å²) in [6.45, 7) is 0. The van der Waals surface area contributed by atoms with Crippen molar-refractivity contribution in [3.8, 4) is 11.6 Å². The second-order valence-corrected chi connectivity index (χ2v) is 4.82. The van der Waals surface area contributed by atoms with Crippen LogP contribution in [0.15, 0.2) is 41.4 Å². The molecule has 0 unspecified atom stereocenters. The summed E-state index contributed by atoms with van der Waals surface area (Å²) >= 11 is 7.28. The minimum Gasteiger partial charge on any atom is -0.478 e. The molecule has 98 valence electrons. The predicted octanol–water partition coefficient (Wildman–Crippen LogP) is 3.95. The second-order valence-electron chi connectivity index (χ2n) is 3.56. The van der Waals surface area contributed by atoms with Crippen LogP contribution in [-0.4, -0.2) is 22.3 Å². The Balaban J connectivity index is 2.33. The van der Waals surface area contributed by atoms with Crippen molar-refractivity contribution in [1.29, 1.82) is 0 Å². The molecule has 0 atom stereocenters. The molecule has 0 aliphatic rings. The first-order valence-electron chi connectivity index (χ1n) is 5.31. The Morgan fingerprint density at radius 3 is 2.84 bits per heavy atom. The van der Waals surface area contributed by atoms with Gasteiger partial charge < -0.3 is 9.84 Å². The Hall–Kier alpha value is -1.72. The average molecular weight is 296 g/mol. The summed E-state index contributed by atoms with van der Waals surface area (Å²) in [5, 5.41) is 9.07. The zero-order valence-corrected chi connectivity index (χ0v) is 11.5. The maximum absolute atomic E-state index is 11.0. The lowest BCUT2D eigenvalue weighted by Crippen LogP contribution is -1.99. The molecular weight excluding hydrogens is 286 g/mol. The molecule has 0 aliphatic heterocycles. The van der Waals surface area contributed by atoms with E-state index in [4.69, 9.17) is 21.4 Å². The van der Waals surface area contributed by atoms with E-state index in [0.717, 1.165) is 4.90 Å². The highest BCUT2D eigenvalue weighted by Crippen LogP contribution is 2.31. The number of aromatic nitrogens is 1. The van der Waals surface area contributed by atoms with Crippen molar-refractivity contribution in [2.24, 2.45) is 0 Å². The van der Waals surface area contributed by atoms with Crippen LogP contribution in [0.1, 0.15) is 10.4 Å². The van der Waals surface area contributed by atoms with Crippen molar-refractivity contribution < 1.29 is 14.6 Å². The molecule has 2 rings (SSSR count). The quantitative estimate of drug-likeness (QED) is 0.866. The van der Waals surface area contributed by atoms with Gasteiger partial charge in [0.1, 0.15) is 5.75 Å². The van der Waals surface area contributed by atoms with Crippen molar-refractivity contribution in [3.63, 3.8) is 0 Å². The molecule has 0 bridgehead atoms. The first-order valence-corrected chi connectivity index (χ1v) is 6.92. The Labute approximate surface area is 119 Å². The Morgan fingerprint density at radius 1 is 1.42 bits per heavy atom. The van der Waals surface area contributed by atoms with Crippen molar-refractivity contribution in [2.45, 2.75) is 4.90 Å². The summed E-state index contributed by atoms with van der Waals surface area (Å²) in [6.07, 6.45) is 3.20. The number of carboxylic acids is 1. The van der Waals surface area contributed by atoms with Gasteiger partial charge in [0.15, 0.2) is 0 Å². The van der Waals surface area contributed by atoms with Gasteiger partial charge in [-0.15, -0.1) is 11.8 Å². The van der Waals surface area contributed by atoms with Crippen LogP contribution in [-0.2, 0) is 0 Å². The average Bonchev–Trinajstić information content (AvgIpc) is 2.41. The highest BCUT2D eigenvalue weighted by molar-refractivity contribution is 7.98. The van der Waals surface area contributed by atoms with Gasteiger partial charge in [-0.2, -0.15) is 0 Å². The summed E-state index contributed by atoms with van der Waals surface area (Å²) in [7, 11) is 0. The van der Waals surface area contributed by atoms with Gasteiger partial charge in [-0.3, -0.25) is 0 Å². The van der Waals surface area contributed by atoms with Crippen LogP contribution < -0.4 is 4.74 Å². The van der Waals surface area contributed by atoms with Crippen molar-refractivity contribution in [1.82, 2.24) is 4.98 Å². The van der Waals surface area contributed by atoms with Crippen molar-refractivity contribution in [2.75, 3.05) is 6.26 Å². The normalized spacial score (nSPS) is 10.2. The van der Waals surface area contributed by atoms with Crippen LogP contribution in [0.5, 0.6) is 11.6 Å². The molecule has 1 N–H and O–H groups in total. The van der Waals surface area contributed by atoms with Gasteiger partial charge in [-0.25, -0.2) is 9.78 Å². The van der Waals surface area contributed by atoms with Gasteiger partial charge >= 0.3 is 5.97 Å². The number of aromatic carboxylic acids is 1. The molecule has 0 spiro atoms. The standard InChI is InChI=1S/C13H10ClNO3S/c1-19-11-5-3-2-4-10(11)18-12-6-8(13(16)17)9(14)7-15-12/h2-7H,1H3,(H,16,17). The minimum atomic E-state index is -1.12. The van der Waals surface area contributed by atoms with Crippen LogP contribution in [0.3, 0.4) is 0 Å². The van der Waals surface area contributed by atoms with E-state index in [1.54, 1.807) is 6.07 Å². The van der Waals surface area contributed by atoms with Crippen LogP contribution in [0.4, 0.5) is 0 Å². The van der Waals surface area contributed by atoms with Crippen molar-refractivity contribution >= 4 is 29.3 Å². The number of carboxylic acid groups (broad SMARTS) is 1. The number of thioether (sulfide) groups is 1. The van der Waals surface area contributed by atoms with E-state index in [0.29, 0.717) is 5.75 Å². The summed E-state index contributed by atoms with van der Waals surface area (Å²) in [6, 6.07) is 8.75.